The second kappa shape index (κ2) is 8.12. The van der Waals surface area contributed by atoms with Crippen LogP contribution < -0.4 is 0 Å². The van der Waals surface area contributed by atoms with Crippen LogP contribution in [0, 0.1) is 34.5 Å². The zero-order valence-electron chi connectivity index (χ0n) is 20.9. The standard InChI is InChI=1S/C27H44O6/c1-15(2)6-7-23(31)26(5,32)22-9-11-27(33)17-12-19(28)18-13-20(29)21(30)14-24(18,3)16(17)8-10-25(22,27)4/h12,15-16,18,20-23,29-33H,6-11,13-14H2,1-5H3/t16?,18-,20-,21+,22-,23+,24+,25+,26+,27+/m0/s1. The van der Waals surface area contributed by atoms with Crippen molar-refractivity contribution in [3.8, 4) is 0 Å². The number of aliphatic hydroxyl groups excluding tert-OH is 3. The number of ketones is 1. The van der Waals surface area contributed by atoms with E-state index in [0.29, 0.717) is 38.0 Å². The molecule has 10 atom stereocenters. The molecule has 0 aliphatic heterocycles. The lowest BCUT2D eigenvalue weighted by Crippen LogP contribution is -2.62. The summed E-state index contributed by atoms with van der Waals surface area (Å²) in [6.07, 6.45) is 3.39. The highest BCUT2D eigenvalue weighted by Crippen LogP contribution is 2.68. The highest BCUT2D eigenvalue weighted by Gasteiger charge is 2.69. The van der Waals surface area contributed by atoms with Crippen LogP contribution in [0.4, 0.5) is 0 Å². The quantitative estimate of drug-likeness (QED) is 0.427. The number of rotatable bonds is 5. The Bertz CT molecular complexity index is 819. The minimum Gasteiger partial charge on any atom is -0.390 e. The SMILES string of the molecule is CC(C)CC[C@@H](O)[C@](C)(O)[C@H]1CC[C@@]2(O)C3=CC(=O)[C@@H]4C[C@H](O)[C@H](O)C[C@]4(C)C3CC[C@]12C. The second-order valence-corrected chi connectivity index (χ2v) is 12.8. The van der Waals surface area contributed by atoms with Gasteiger partial charge in [0.2, 0.25) is 0 Å². The van der Waals surface area contributed by atoms with Gasteiger partial charge in [-0.25, -0.2) is 0 Å². The Balaban J connectivity index is 1.68. The molecule has 188 valence electrons. The van der Waals surface area contributed by atoms with Crippen molar-refractivity contribution in [2.75, 3.05) is 0 Å². The van der Waals surface area contributed by atoms with Crippen LogP contribution in [-0.4, -0.2) is 60.8 Å². The summed E-state index contributed by atoms with van der Waals surface area (Å²) in [5.74, 6) is -0.331. The number of carbonyl (C=O) groups is 1. The molecule has 0 radical (unpaired) electrons. The van der Waals surface area contributed by atoms with Gasteiger partial charge in [0.15, 0.2) is 5.78 Å². The second-order valence-electron chi connectivity index (χ2n) is 12.8. The lowest BCUT2D eigenvalue weighted by atomic mass is 9.45. The molecule has 33 heavy (non-hydrogen) atoms. The van der Waals surface area contributed by atoms with Gasteiger partial charge in [-0.05, 0) is 93.1 Å². The fourth-order valence-electron chi connectivity index (χ4n) is 8.32. The molecule has 0 heterocycles. The van der Waals surface area contributed by atoms with E-state index in [4.69, 9.17) is 0 Å². The van der Waals surface area contributed by atoms with Crippen molar-refractivity contribution in [1.82, 2.24) is 0 Å². The minimum atomic E-state index is -1.34. The number of hydrogen-bond donors (Lipinski definition) is 5. The van der Waals surface area contributed by atoms with Gasteiger partial charge in [0.1, 0.15) is 0 Å². The van der Waals surface area contributed by atoms with Gasteiger partial charge in [-0.3, -0.25) is 4.79 Å². The summed E-state index contributed by atoms with van der Waals surface area (Å²) >= 11 is 0. The summed E-state index contributed by atoms with van der Waals surface area (Å²) < 4.78 is 0. The molecule has 0 bridgehead atoms. The Morgan fingerprint density at radius 3 is 2.39 bits per heavy atom. The summed E-state index contributed by atoms with van der Waals surface area (Å²) in [5, 5.41) is 55.4. The maximum atomic E-state index is 13.2. The van der Waals surface area contributed by atoms with Crippen LogP contribution >= 0.6 is 0 Å². The summed E-state index contributed by atoms with van der Waals surface area (Å²) in [6.45, 7) is 9.96. The first-order valence-electron chi connectivity index (χ1n) is 12.9. The monoisotopic (exact) mass is 464 g/mol. The van der Waals surface area contributed by atoms with E-state index in [2.05, 4.69) is 13.8 Å². The molecule has 3 saturated carbocycles. The smallest absolute Gasteiger partial charge is 0.159 e. The highest BCUT2D eigenvalue weighted by molar-refractivity contribution is 5.95. The molecule has 0 spiro atoms. The van der Waals surface area contributed by atoms with E-state index in [1.54, 1.807) is 13.0 Å². The molecule has 6 nitrogen and oxygen atoms in total. The molecular formula is C27H44O6. The Labute approximate surface area is 198 Å². The van der Waals surface area contributed by atoms with Gasteiger partial charge in [-0.2, -0.15) is 0 Å². The van der Waals surface area contributed by atoms with E-state index in [-0.39, 0.29) is 30.0 Å². The van der Waals surface area contributed by atoms with Gasteiger partial charge in [0.05, 0.1) is 29.5 Å². The molecule has 0 saturated heterocycles. The predicted molar refractivity (Wildman–Crippen MR) is 125 cm³/mol. The topological polar surface area (TPSA) is 118 Å². The number of hydrogen-bond acceptors (Lipinski definition) is 6. The van der Waals surface area contributed by atoms with Crippen LogP contribution in [0.5, 0.6) is 0 Å². The normalized spacial score (nSPS) is 47.9. The van der Waals surface area contributed by atoms with Crippen LogP contribution in [0.25, 0.3) is 0 Å². The van der Waals surface area contributed by atoms with E-state index in [1.807, 2.05) is 13.8 Å². The third-order valence-corrected chi connectivity index (χ3v) is 10.5. The first-order valence-corrected chi connectivity index (χ1v) is 12.9. The van der Waals surface area contributed by atoms with Crippen LogP contribution in [0.15, 0.2) is 11.6 Å². The van der Waals surface area contributed by atoms with Gasteiger partial charge in [0, 0.05) is 11.3 Å². The van der Waals surface area contributed by atoms with E-state index >= 15 is 0 Å². The van der Waals surface area contributed by atoms with Crippen molar-refractivity contribution < 1.29 is 30.3 Å². The molecule has 3 fully saturated rings. The van der Waals surface area contributed by atoms with Crippen molar-refractivity contribution >= 4 is 5.78 Å². The average Bonchev–Trinajstić information content (AvgIpc) is 3.00. The van der Waals surface area contributed by atoms with E-state index in [0.717, 1.165) is 18.4 Å². The van der Waals surface area contributed by atoms with Gasteiger partial charge in [-0.15, -0.1) is 0 Å². The Morgan fingerprint density at radius 2 is 1.76 bits per heavy atom. The Morgan fingerprint density at radius 1 is 1.09 bits per heavy atom. The number of allylic oxidation sites excluding steroid dienone is 1. The molecule has 4 aliphatic carbocycles. The molecule has 0 aromatic rings. The lowest BCUT2D eigenvalue weighted by molar-refractivity contribution is -0.176. The highest BCUT2D eigenvalue weighted by atomic mass is 16.3. The van der Waals surface area contributed by atoms with Crippen LogP contribution in [0.1, 0.15) is 86.0 Å². The maximum Gasteiger partial charge on any atom is 0.159 e. The molecule has 1 unspecified atom stereocenters. The molecule has 0 aromatic carbocycles. The van der Waals surface area contributed by atoms with Crippen molar-refractivity contribution in [3.05, 3.63) is 11.6 Å². The number of carbonyl (C=O) groups excluding carboxylic acids is 1. The van der Waals surface area contributed by atoms with Gasteiger partial charge in [0.25, 0.3) is 0 Å². The summed E-state index contributed by atoms with van der Waals surface area (Å²) in [7, 11) is 0. The van der Waals surface area contributed by atoms with Gasteiger partial charge < -0.3 is 25.5 Å². The minimum absolute atomic E-state index is 0.0463. The van der Waals surface area contributed by atoms with Crippen LogP contribution in [0.2, 0.25) is 0 Å². The molecule has 4 aliphatic rings. The summed E-state index contributed by atoms with van der Waals surface area (Å²) in [5.41, 5.74) is -2.98. The third kappa shape index (κ3) is 3.58. The third-order valence-electron chi connectivity index (χ3n) is 10.5. The van der Waals surface area contributed by atoms with Crippen LogP contribution in [-0.2, 0) is 4.79 Å². The summed E-state index contributed by atoms with van der Waals surface area (Å²) in [6, 6.07) is 0. The molecule has 5 N–H and O–H groups in total. The number of aliphatic hydroxyl groups is 5. The zero-order valence-corrected chi connectivity index (χ0v) is 20.9. The fraction of sp³-hybridized carbons (Fsp3) is 0.889. The molecule has 4 rings (SSSR count). The Kier molecular flexibility index (Phi) is 6.23. The first-order chi connectivity index (χ1) is 15.2. The van der Waals surface area contributed by atoms with E-state index in [9.17, 15) is 30.3 Å². The largest absolute Gasteiger partial charge is 0.390 e. The van der Waals surface area contributed by atoms with E-state index < -0.39 is 40.3 Å². The molecule has 0 aromatic heterocycles. The van der Waals surface area contributed by atoms with Crippen molar-refractivity contribution in [2.45, 2.75) is 115 Å². The van der Waals surface area contributed by atoms with Gasteiger partial charge in [-0.1, -0.05) is 27.7 Å². The molecule has 6 heteroatoms. The van der Waals surface area contributed by atoms with Crippen molar-refractivity contribution in [1.29, 1.82) is 0 Å². The van der Waals surface area contributed by atoms with Crippen molar-refractivity contribution in [2.24, 2.45) is 34.5 Å². The average molecular weight is 465 g/mol. The van der Waals surface area contributed by atoms with Gasteiger partial charge >= 0.3 is 0 Å². The molecule has 0 amide bonds. The summed E-state index contributed by atoms with van der Waals surface area (Å²) in [4.78, 5) is 13.2. The molecular weight excluding hydrogens is 420 g/mol. The predicted octanol–water partition coefficient (Wildman–Crippen LogP) is 2.74. The van der Waals surface area contributed by atoms with E-state index in [1.165, 1.54) is 0 Å². The number of fused-ring (bicyclic) bond motifs is 5. The van der Waals surface area contributed by atoms with Crippen molar-refractivity contribution in [3.63, 3.8) is 0 Å². The zero-order chi connectivity index (χ0) is 24.6. The fourth-order valence-corrected chi connectivity index (χ4v) is 8.32. The maximum absolute atomic E-state index is 13.2. The Hall–Kier alpha value is -0.790. The first kappa shape index (κ1) is 25.3. The lowest BCUT2D eigenvalue weighted by Gasteiger charge is -2.60. The van der Waals surface area contributed by atoms with Crippen LogP contribution in [0.3, 0.4) is 0 Å².